The molecule has 1 nitrogen and oxygen atoms in total. The third-order valence-corrected chi connectivity index (χ3v) is 12.0. The minimum Gasteiger partial charge on any atom is -0.319 e. The number of allylic oxidation sites excluding steroid dienone is 4. The Bertz CT molecular complexity index is 2090. The molecule has 222 valence electrons. The molecule has 1 aliphatic rings. The van der Waals surface area contributed by atoms with Crippen molar-refractivity contribution >= 4 is 41.9 Å². The first-order chi connectivity index (χ1) is 21.8. The van der Waals surface area contributed by atoms with Gasteiger partial charge in [0, 0.05) is 11.2 Å². The molecule has 0 heterocycles. The number of hydrogen-bond acceptors (Lipinski definition) is 1. The van der Waals surface area contributed by atoms with Crippen molar-refractivity contribution in [2.24, 2.45) is 0 Å². The zero-order valence-corrected chi connectivity index (χ0v) is 28.2. The Kier molecular flexibility index (Phi) is 7.95. The maximum absolute atomic E-state index is 12.8. The van der Waals surface area contributed by atoms with Gasteiger partial charge in [0.05, 0.1) is 0 Å². The molecule has 0 aromatic heterocycles. The summed E-state index contributed by atoms with van der Waals surface area (Å²) in [6.45, 7) is 8.33. The summed E-state index contributed by atoms with van der Waals surface area (Å²) in [5.41, 5.74) is 8.78. The number of fused-ring (bicyclic) bond motifs is 2. The van der Waals surface area contributed by atoms with Gasteiger partial charge in [0.2, 0.25) is 0 Å². The van der Waals surface area contributed by atoms with E-state index in [1.165, 1.54) is 65.8 Å². The largest absolute Gasteiger partial charge is 0.319 e. The number of hydrogen-bond donors (Lipinski definition) is 0. The van der Waals surface area contributed by atoms with Crippen molar-refractivity contribution in [1.29, 1.82) is 0 Å². The molecule has 0 aliphatic heterocycles. The van der Waals surface area contributed by atoms with Gasteiger partial charge in [-0.3, -0.25) is 0 Å². The summed E-state index contributed by atoms with van der Waals surface area (Å²) < 4.78 is 12.8. The van der Waals surface area contributed by atoms with Crippen LogP contribution in [0.1, 0.15) is 17.9 Å². The summed E-state index contributed by atoms with van der Waals surface area (Å²) >= 11 is 0. The average Bonchev–Trinajstić information content (AvgIpc) is 3.07. The second kappa shape index (κ2) is 12.1. The van der Waals surface area contributed by atoms with Gasteiger partial charge in [0.1, 0.15) is 7.14 Å². The van der Waals surface area contributed by atoms with E-state index < -0.39 is 7.14 Å². The van der Waals surface area contributed by atoms with Crippen LogP contribution in [0, 0.1) is 0 Å². The highest BCUT2D eigenvalue weighted by molar-refractivity contribution is 7.67. The lowest BCUT2D eigenvalue weighted by molar-refractivity contribution is 0.586. The minimum atomic E-state index is -2.29. The molecule has 45 heavy (non-hydrogen) atoms. The van der Waals surface area contributed by atoms with E-state index in [2.05, 4.69) is 147 Å². The van der Waals surface area contributed by atoms with Crippen molar-refractivity contribution in [3.05, 3.63) is 150 Å². The summed E-state index contributed by atoms with van der Waals surface area (Å²) in [7, 11) is -2.42. The van der Waals surface area contributed by atoms with Gasteiger partial charge in [-0.15, -0.1) is 0 Å². The minimum absolute atomic E-state index is 0.134. The first-order valence-electron chi connectivity index (χ1n) is 15.6. The predicted octanol–water partition coefficient (Wildman–Crippen LogP) is 11.9. The molecule has 0 radical (unpaired) electrons. The Morgan fingerprint density at radius 2 is 1.11 bits per heavy atom. The Morgan fingerprint density at radius 3 is 1.62 bits per heavy atom. The van der Waals surface area contributed by atoms with Gasteiger partial charge in [0.15, 0.2) is 0 Å². The number of rotatable bonds is 6. The zero-order chi connectivity index (χ0) is 31.1. The van der Waals surface area contributed by atoms with Gasteiger partial charge < -0.3 is 4.57 Å². The van der Waals surface area contributed by atoms with Crippen LogP contribution in [-0.2, 0) is 4.57 Å². The lowest BCUT2D eigenvalue weighted by Gasteiger charge is -2.21. The van der Waals surface area contributed by atoms with Crippen LogP contribution in [0.25, 0.3) is 54.9 Å². The van der Waals surface area contributed by atoms with Crippen LogP contribution in [0.5, 0.6) is 0 Å². The van der Waals surface area contributed by atoms with Crippen LogP contribution in [0.15, 0.2) is 145 Å². The van der Waals surface area contributed by atoms with Gasteiger partial charge in [-0.1, -0.05) is 141 Å². The van der Waals surface area contributed by atoms with Crippen molar-refractivity contribution in [2.45, 2.75) is 12.3 Å². The van der Waals surface area contributed by atoms with Gasteiger partial charge >= 0.3 is 0 Å². The highest BCUT2D eigenvalue weighted by Gasteiger charge is 2.20. The van der Waals surface area contributed by atoms with Crippen molar-refractivity contribution in [1.82, 2.24) is 0 Å². The van der Waals surface area contributed by atoms with E-state index >= 15 is 0 Å². The van der Waals surface area contributed by atoms with E-state index in [-0.39, 0.29) is 13.8 Å². The van der Waals surface area contributed by atoms with Crippen molar-refractivity contribution < 1.29 is 4.57 Å². The highest BCUT2D eigenvalue weighted by Crippen LogP contribution is 2.50. The summed E-state index contributed by atoms with van der Waals surface area (Å²) in [5, 5.41) is 7.45. The molecule has 1 aliphatic carbocycles. The van der Waals surface area contributed by atoms with Crippen LogP contribution >= 0.6 is 15.1 Å². The smallest absolute Gasteiger partial charge is 0.109 e. The van der Waals surface area contributed by atoms with Crippen LogP contribution in [0.3, 0.4) is 0 Å². The molecule has 0 saturated heterocycles. The molecule has 3 heteroatoms. The third kappa shape index (κ3) is 5.77. The highest BCUT2D eigenvalue weighted by atomic mass is 31.2. The predicted molar refractivity (Wildman–Crippen MR) is 200 cm³/mol. The Balaban J connectivity index is 1.33. The molecule has 1 atom stereocenters. The maximum atomic E-state index is 12.8. The summed E-state index contributed by atoms with van der Waals surface area (Å²) in [5.74, 6) is 0.250. The molecule has 0 spiro atoms. The molecular weight excluding hydrogens is 582 g/mol. The fraction of sp³-hybridized carbons (Fsp3) is 0.143. The molecule has 0 bridgehead atoms. The lowest BCUT2D eigenvalue weighted by Crippen LogP contribution is -2.00. The molecule has 1 unspecified atom stereocenters. The summed E-state index contributed by atoms with van der Waals surface area (Å²) in [6.07, 6.45) is 7.36. The first kappa shape index (κ1) is 29.7. The van der Waals surface area contributed by atoms with Crippen molar-refractivity contribution in [2.75, 3.05) is 26.7 Å². The van der Waals surface area contributed by atoms with E-state index in [1.54, 1.807) is 0 Å². The van der Waals surface area contributed by atoms with E-state index in [0.717, 1.165) is 11.7 Å². The van der Waals surface area contributed by atoms with Gasteiger partial charge in [-0.25, -0.2) is 0 Å². The molecule has 0 N–H and O–H groups in total. The maximum Gasteiger partial charge on any atom is 0.109 e. The van der Waals surface area contributed by atoms with E-state index in [4.69, 9.17) is 0 Å². The summed E-state index contributed by atoms with van der Waals surface area (Å²) in [4.78, 5) is 0. The van der Waals surface area contributed by atoms with Gasteiger partial charge in [0.25, 0.3) is 0 Å². The lowest BCUT2D eigenvalue weighted by atomic mass is 9.85. The molecule has 6 aromatic rings. The fourth-order valence-electron chi connectivity index (χ4n) is 6.70. The Hall–Kier alpha value is -4.02. The standard InChI is InChI=1S/C42H38OP2/c1-44(2)35-13-9-11-33(27-35)29-19-23-31(24-20-29)41-37-15-5-7-17-39(37)42(40-18-8-6-16-38(40)41)32-25-21-30(22-26-32)34-12-10-14-36(28-34)45(3,4)43/h5-11,13-28,34H,12H2,1-4H3. The van der Waals surface area contributed by atoms with Crippen LogP contribution in [0.4, 0.5) is 0 Å². The SMILES string of the molecule is CP(C)c1cccc(-c2ccc(-c3c4ccccc4c(-c4ccc(C5C=C(P(C)(C)=O)C=CC5)cc4)c4ccccc34)cc2)c1. The van der Waals surface area contributed by atoms with Crippen LogP contribution in [-0.4, -0.2) is 26.7 Å². The van der Waals surface area contributed by atoms with Crippen molar-refractivity contribution in [3.63, 3.8) is 0 Å². The molecule has 7 rings (SSSR count). The monoisotopic (exact) mass is 620 g/mol. The average molecular weight is 621 g/mol. The second-order valence-corrected chi connectivity index (χ2v) is 18.2. The normalized spacial score (nSPS) is 15.1. The first-order valence-corrected chi connectivity index (χ1v) is 20.5. The van der Waals surface area contributed by atoms with E-state index in [1.807, 2.05) is 19.4 Å². The van der Waals surface area contributed by atoms with E-state index in [9.17, 15) is 4.57 Å². The summed E-state index contributed by atoms with van der Waals surface area (Å²) in [6, 6.07) is 44.9. The van der Waals surface area contributed by atoms with E-state index in [0.29, 0.717) is 0 Å². The van der Waals surface area contributed by atoms with Crippen LogP contribution in [0.2, 0.25) is 0 Å². The second-order valence-electron chi connectivity index (χ2n) is 12.7. The molecule has 0 fully saturated rings. The Morgan fingerprint density at radius 1 is 0.600 bits per heavy atom. The molecule has 6 aromatic carbocycles. The molecular formula is C42H38OP2. The zero-order valence-electron chi connectivity index (χ0n) is 26.4. The molecule has 0 amide bonds. The van der Waals surface area contributed by atoms with Crippen LogP contribution < -0.4 is 5.30 Å². The Labute approximate surface area is 268 Å². The van der Waals surface area contributed by atoms with Gasteiger partial charge in [-0.2, -0.15) is 0 Å². The number of benzene rings is 6. The fourth-order valence-corrected chi connectivity index (χ4v) is 8.48. The quantitative estimate of drug-likeness (QED) is 0.134. The topological polar surface area (TPSA) is 17.1 Å². The van der Waals surface area contributed by atoms with Crippen molar-refractivity contribution in [3.8, 4) is 33.4 Å². The van der Waals surface area contributed by atoms with Gasteiger partial charge in [-0.05, 0) is 105 Å². The third-order valence-electron chi connectivity index (χ3n) is 9.10. The molecule has 0 saturated carbocycles.